The van der Waals surface area contributed by atoms with E-state index in [4.69, 9.17) is 56.9 Å². The molecule has 0 heterocycles. The predicted molar refractivity (Wildman–Crippen MR) is 56.3 cm³/mol. The number of halogens is 4. The molecule has 1 aliphatic carbocycles. The average Bonchev–Trinajstić information content (AvgIpc) is 2.13. The molecular weight excluding hydrogens is 266 g/mol. The Hall–Kier alpha value is -0.380. The van der Waals surface area contributed by atoms with Gasteiger partial charge in [-0.3, -0.25) is 0 Å². The highest BCUT2D eigenvalue weighted by Gasteiger charge is 2.40. The Morgan fingerprint density at radius 1 is 1.29 bits per heavy atom. The summed E-state index contributed by atoms with van der Waals surface area (Å²) in [6.45, 7) is 0. The first-order valence-electron chi connectivity index (χ1n) is 3.39. The molecule has 0 fully saturated rings. The maximum Gasteiger partial charge on any atom is 0.159 e. The van der Waals surface area contributed by atoms with Gasteiger partial charge >= 0.3 is 0 Å². The van der Waals surface area contributed by atoms with E-state index < -0.39 is 9.71 Å². The van der Waals surface area contributed by atoms with Gasteiger partial charge in [-0.1, -0.05) is 34.8 Å². The normalized spacial score (nSPS) is 25.0. The van der Waals surface area contributed by atoms with Gasteiger partial charge in [0.05, 0.1) is 22.2 Å². The van der Waals surface area contributed by atoms with Crippen LogP contribution in [0.1, 0.15) is 0 Å². The summed E-state index contributed by atoms with van der Waals surface area (Å²) in [6.07, 6.45) is 1.23. The van der Waals surface area contributed by atoms with Gasteiger partial charge in [-0.05, 0) is 6.08 Å². The van der Waals surface area contributed by atoms with Crippen LogP contribution in [0.15, 0.2) is 22.3 Å². The Morgan fingerprint density at radius 3 is 2.29 bits per heavy atom. The van der Waals surface area contributed by atoms with E-state index in [1.165, 1.54) is 6.08 Å². The van der Waals surface area contributed by atoms with Gasteiger partial charge < -0.3 is 0 Å². The fourth-order valence-corrected chi connectivity index (χ4v) is 1.93. The van der Waals surface area contributed by atoms with Crippen molar-refractivity contribution in [2.45, 2.75) is 9.71 Å². The molecule has 14 heavy (non-hydrogen) atoms. The molecule has 1 aliphatic rings. The second kappa shape index (κ2) is 4.01. The van der Waals surface area contributed by atoms with Crippen molar-refractivity contribution >= 4 is 46.4 Å². The summed E-state index contributed by atoms with van der Waals surface area (Å²) < 4.78 is -1.48. The van der Waals surface area contributed by atoms with Crippen molar-refractivity contribution in [3.05, 3.63) is 22.3 Å². The number of rotatable bonds is 0. The van der Waals surface area contributed by atoms with Gasteiger partial charge in [-0.2, -0.15) is 10.5 Å². The van der Waals surface area contributed by atoms with E-state index in [9.17, 15) is 0 Å². The summed E-state index contributed by atoms with van der Waals surface area (Å²) >= 11 is 23.1. The molecule has 1 atom stereocenters. The van der Waals surface area contributed by atoms with Crippen molar-refractivity contribution in [3.8, 4) is 12.1 Å². The molecule has 0 bridgehead atoms. The van der Waals surface area contributed by atoms with Gasteiger partial charge in [0, 0.05) is 0 Å². The monoisotopic (exact) mass is 266 g/mol. The predicted octanol–water partition coefficient (Wildman–Crippen LogP) is 3.25. The molecule has 0 aromatic carbocycles. The minimum absolute atomic E-state index is 0.00641. The average molecular weight is 268 g/mol. The van der Waals surface area contributed by atoms with Crippen molar-refractivity contribution in [2.24, 2.45) is 0 Å². The smallest absolute Gasteiger partial charge is 0.159 e. The van der Waals surface area contributed by atoms with Crippen LogP contribution in [-0.2, 0) is 0 Å². The molecule has 0 aliphatic heterocycles. The zero-order valence-corrected chi connectivity index (χ0v) is 9.58. The molecule has 1 rings (SSSR count). The maximum atomic E-state index is 8.75. The number of nitriles is 2. The summed E-state index contributed by atoms with van der Waals surface area (Å²) in [5, 5.41) is 16.5. The number of hydrogen-bond donors (Lipinski definition) is 0. The van der Waals surface area contributed by atoms with Gasteiger partial charge in [0.25, 0.3) is 0 Å². The maximum absolute atomic E-state index is 8.75. The molecule has 72 valence electrons. The molecule has 2 nitrogen and oxygen atoms in total. The number of nitrogens with zero attached hydrogens (tertiary/aromatic N) is 2. The number of alkyl halides is 3. The lowest BCUT2D eigenvalue weighted by molar-refractivity contribution is 0.924. The summed E-state index contributed by atoms with van der Waals surface area (Å²) in [7, 11) is 0. The fourth-order valence-electron chi connectivity index (χ4n) is 0.965. The Morgan fingerprint density at radius 2 is 1.86 bits per heavy atom. The quantitative estimate of drug-likeness (QED) is 0.633. The summed E-state index contributed by atoms with van der Waals surface area (Å²) in [5.74, 6) is 0. The van der Waals surface area contributed by atoms with E-state index in [1.54, 1.807) is 12.1 Å². The third-order valence-corrected chi connectivity index (χ3v) is 3.49. The lowest BCUT2D eigenvalue weighted by Crippen LogP contribution is -2.29. The molecule has 0 saturated heterocycles. The summed E-state index contributed by atoms with van der Waals surface area (Å²) in [6, 6.07) is 3.57. The van der Waals surface area contributed by atoms with Crippen LogP contribution in [-0.4, -0.2) is 9.71 Å². The van der Waals surface area contributed by atoms with Crippen LogP contribution < -0.4 is 0 Å². The molecule has 1 unspecified atom stereocenters. The molecular formula is C8H2Cl4N2. The van der Waals surface area contributed by atoms with Crippen molar-refractivity contribution < 1.29 is 0 Å². The highest BCUT2D eigenvalue weighted by Crippen LogP contribution is 2.43. The summed E-state index contributed by atoms with van der Waals surface area (Å²) in [5.41, 5.74) is 0.0718. The third kappa shape index (κ3) is 1.85. The van der Waals surface area contributed by atoms with Crippen LogP contribution in [0.5, 0.6) is 0 Å². The molecule has 0 N–H and O–H groups in total. The fraction of sp³-hybridized carbons (Fsp3) is 0.250. The highest BCUT2D eigenvalue weighted by molar-refractivity contribution is 6.55. The van der Waals surface area contributed by atoms with E-state index in [2.05, 4.69) is 0 Å². The van der Waals surface area contributed by atoms with Crippen LogP contribution in [0.25, 0.3) is 0 Å². The van der Waals surface area contributed by atoms with Crippen LogP contribution in [0, 0.1) is 22.7 Å². The Balaban J connectivity index is 3.36. The van der Waals surface area contributed by atoms with Crippen LogP contribution in [0.4, 0.5) is 0 Å². The van der Waals surface area contributed by atoms with E-state index in [0.717, 1.165) is 0 Å². The first kappa shape index (κ1) is 11.7. The minimum Gasteiger partial charge on any atom is -0.193 e. The molecule has 0 radical (unpaired) electrons. The number of hydrogen-bond acceptors (Lipinski definition) is 2. The Bertz CT molecular complexity index is 408. The van der Waals surface area contributed by atoms with Gasteiger partial charge in [-0.15, -0.1) is 11.6 Å². The van der Waals surface area contributed by atoms with Gasteiger partial charge in [0.1, 0.15) is 11.4 Å². The highest BCUT2D eigenvalue weighted by atomic mass is 35.5. The lowest BCUT2D eigenvalue weighted by atomic mass is 9.99. The van der Waals surface area contributed by atoms with Crippen LogP contribution in [0.3, 0.4) is 0 Å². The molecule has 0 spiro atoms. The van der Waals surface area contributed by atoms with Crippen LogP contribution >= 0.6 is 46.4 Å². The second-order valence-corrected chi connectivity index (χ2v) is 4.81. The van der Waals surface area contributed by atoms with Gasteiger partial charge in [0.15, 0.2) is 4.33 Å². The molecule has 0 saturated carbocycles. The van der Waals surface area contributed by atoms with E-state index in [-0.39, 0.29) is 16.2 Å². The van der Waals surface area contributed by atoms with E-state index in [1.807, 2.05) is 0 Å². The van der Waals surface area contributed by atoms with Crippen molar-refractivity contribution in [2.75, 3.05) is 0 Å². The topological polar surface area (TPSA) is 47.6 Å². The molecule has 0 aromatic rings. The number of allylic oxidation sites excluding steroid dienone is 4. The zero-order chi connectivity index (χ0) is 10.9. The Labute approximate surface area is 101 Å². The second-order valence-electron chi connectivity index (χ2n) is 2.55. The van der Waals surface area contributed by atoms with Gasteiger partial charge in [0.2, 0.25) is 0 Å². The molecule has 0 aromatic heterocycles. The van der Waals surface area contributed by atoms with Crippen molar-refractivity contribution in [1.29, 1.82) is 10.5 Å². The lowest BCUT2D eigenvalue weighted by Gasteiger charge is -2.26. The first-order chi connectivity index (χ1) is 6.44. The zero-order valence-electron chi connectivity index (χ0n) is 6.56. The molecule has 0 amide bonds. The van der Waals surface area contributed by atoms with Crippen molar-refractivity contribution in [1.82, 2.24) is 0 Å². The summed E-state index contributed by atoms with van der Waals surface area (Å²) in [4.78, 5) is 0. The molecule has 6 heteroatoms. The van der Waals surface area contributed by atoms with E-state index >= 15 is 0 Å². The minimum atomic E-state index is -1.48. The first-order valence-corrected chi connectivity index (χ1v) is 4.96. The standard InChI is InChI=1S/C8H2Cl4N2/c9-6-4(2-13)1-8(11,12)7(10)5(6)3-14/h1,7H. The third-order valence-electron chi connectivity index (χ3n) is 1.64. The van der Waals surface area contributed by atoms with E-state index in [0.29, 0.717) is 0 Å². The van der Waals surface area contributed by atoms with Gasteiger partial charge in [-0.25, -0.2) is 0 Å². The van der Waals surface area contributed by atoms with Crippen molar-refractivity contribution in [3.63, 3.8) is 0 Å². The van der Waals surface area contributed by atoms with Crippen LogP contribution in [0.2, 0.25) is 0 Å². The SMILES string of the molecule is N#CC1=CC(Cl)(Cl)C(Cl)C(C#N)=C1Cl. The Kier molecular flexibility index (Phi) is 3.35. The largest absolute Gasteiger partial charge is 0.193 e.